The zero-order chi connectivity index (χ0) is 12.3. The lowest BCUT2D eigenvalue weighted by Gasteiger charge is -2.31. The second-order valence-corrected chi connectivity index (χ2v) is 4.69. The van der Waals surface area contributed by atoms with Crippen LogP contribution in [0, 0.1) is 6.92 Å². The molecule has 1 aliphatic rings. The normalized spacial score (nSPS) is 16.0. The van der Waals surface area contributed by atoms with Crippen molar-refractivity contribution in [2.45, 2.75) is 32.7 Å². The summed E-state index contributed by atoms with van der Waals surface area (Å²) in [5.41, 5.74) is 1.08. The first kappa shape index (κ1) is 12.0. The van der Waals surface area contributed by atoms with Crippen molar-refractivity contribution in [2.75, 3.05) is 20.1 Å². The number of rotatable bonds is 2. The first-order valence-corrected chi connectivity index (χ1v) is 6.21. The van der Waals surface area contributed by atoms with Gasteiger partial charge in [0, 0.05) is 25.7 Å². The summed E-state index contributed by atoms with van der Waals surface area (Å²) in [4.78, 5) is 15.9. The molecule has 0 saturated carbocycles. The van der Waals surface area contributed by atoms with E-state index in [0.29, 0.717) is 6.54 Å². The van der Waals surface area contributed by atoms with Gasteiger partial charge in [0.2, 0.25) is 0 Å². The van der Waals surface area contributed by atoms with Crippen molar-refractivity contribution in [1.29, 1.82) is 0 Å². The number of nitrogens with zero attached hydrogens (tertiary/aromatic N) is 2. The Balaban J connectivity index is 1.93. The molecular weight excluding hydrogens is 216 g/mol. The monoisotopic (exact) mass is 236 g/mol. The summed E-state index contributed by atoms with van der Waals surface area (Å²) in [6.07, 6.45) is 5.17. The Bertz CT molecular complexity index is 381. The Morgan fingerprint density at radius 3 is 2.71 bits per heavy atom. The van der Waals surface area contributed by atoms with Crippen LogP contribution in [-0.2, 0) is 6.54 Å². The molecule has 17 heavy (non-hydrogen) atoms. The largest absolute Gasteiger partial charge is 0.469 e. The molecule has 0 aliphatic carbocycles. The first-order valence-electron chi connectivity index (χ1n) is 6.21. The van der Waals surface area contributed by atoms with Crippen molar-refractivity contribution in [3.05, 3.63) is 23.7 Å². The lowest BCUT2D eigenvalue weighted by atomic mass is 10.1. The van der Waals surface area contributed by atoms with Crippen LogP contribution in [0.1, 0.15) is 30.6 Å². The minimum atomic E-state index is 0.130. The van der Waals surface area contributed by atoms with E-state index in [1.807, 2.05) is 24.9 Å². The van der Waals surface area contributed by atoms with E-state index in [0.717, 1.165) is 37.3 Å². The van der Waals surface area contributed by atoms with Crippen LogP contribution in [0.4, 0.5) is 4.79 Å². The maximum Gasteiger partial charge on any atom is 0.320 e. The Morgan fingerprint density at radius 1 is 1.41 bits per heavy atom. The minimum Gasteiger partial charge on any atom is -0.469 e. The summed E-state index contributed by atoms with van der Waals surface area (Å²) in [5, 5.41) is 0. The highest BCUT2D eigenvalue weighted by atomic mass is 16.3. The third-order valence-corrected chi connectivity index (χ3v) is 3.33. The molecule has 2 amide bonds. The van der Waals surface area contributed by atoms with Crippen LogP contribution in [0.25, 0.3) is 0 Å². The number of amides is 2. The molecule has 0 N–H and O–H groups in total. The van der Waals surface area contributed by atoms with Gasteiger partial charge in [-0.05, 0) is 32.3 Å². The van der Waals surface area contributed by atoms with Crippen LogP contribution >= 0.6 is 0 Å². The second-order valence-electron chi connectivity index (χ2n) is 4.69. The molecule has 94 valence electrons. The molecule has 0 bridgehead atoms. The molecule has 1 fully saturated rings. The summed E-state index contributed by atoms with van der Waals surface area (Å²) in [5.74, 6) is 0.892. The van der Waals surface area contributed by atoms with E-state index in [-0.39, 0.29) is 6.03 Å². The number of likely N-dealkylation sites (tertiary alicyclic amines) is 1. The first-order chi connectivity index (χ1) is 8.18. The van der Waals surface area contributed by atoms with Gasteiger partial charge in [-0.1, -0.05) is 0 Å². The average Bonchev–Trinajstić information content (AvgIpc) is 2.75. The number of piperidine rings is 1. The van der Waals surface area contributed by atoms with Crippen LogP contribution in [0.3, 0.4) is 0 Å². The van der Waals surface area contributed by atoms with Gasteiger partial charge < -0.3 is 14.2 Å². The number of hydrogen-bond acceptors (Lipinski definition) is 2. The molecule has 0 radical (unpaired) electrons. The van der Waals surface area contributed by atoms with Crippen molar-refractivity contribution in [1.82, 2.24) is 9.80 Å². The van der Waals surface area contributed by atoms with Crippen LogP contribution in [-0.4, -0.2) is 36.0 Å². The van der Waals surface area contributed by atoms with Crippen molar-refractivity contribution < 1.29 is 9.21 Å². The number of carbonyl (C=O) groups excluding carboxylic acids is 1. The fourth-order valence-electron chi connectivity index (χ4n) is 2.23. The van der Waals surface area contributed by atoms with E-state index < -0.39 is 0 Å². The number of urea groups is 1. The maximum atomic E-state index is 12.2. The molecule has 1 aliphatic heterocycles. The lowest BCUT2D eigenvalue weighted by molar-refractivity contribution is 0.151. The smallest absolute Gasteiger partial charge is 0.320 e. The maximum absolute atomic E-state index is 12.2. The van der Waals surface area contributed by atoms with Gasteiger partial charge in [0.25, 0.3) is 0 Å². The summed E-state index contributed by atoms with van der Waals surface area (Å²) < 4.78 is 5.24. The van der Waals surface area contributed by atoms with E-state index in [9.17, 15) is 4.79 Å². The van der Waals surface area contributed by atoms with Gasteiger partial charge in [-0.15, -0.1) is 0 Å². The van der Waals surface area contributed by atoms with Crippen molar-refractivity contribution in [2.24, 2.45) is 0 Å². The van der Waals surface area contributed by atoms with Crippen LogP contribution in [0.15, 0.2) is 16.7 Å². The van der Waals surface area contributed by atoms with Gasteiger partial charge in [-0.25, -0.2) is 4.79 Å². The van der Waals surface area contributed by atoms with Crippen LogP contribution < -0.4 is 0 Å². The summed E-state index contributed by atoms with van der Waals surface area (Å²) in [7, 11) is 1.85. The minimum absolute atomic E-state index is 0.130. The fourth-order valence-corrected chi connectivity index (χ4v) is 2.23. The molecule has 0 unspecified atom stereocenters. The number of furan rings is 1. The highest BCUT2D eigenvalue weighted by Gasteiger charge is 2.20. The van der Waals surface area contributed by atoms with E-state index in [2.05, 4.69) is 0 Å². The third kappa shape index (κ3) is 2.81. The van der Waals surface area contributed by atoms with E-state index >= 15 is 0 Å². The zero-order valence-corrected chi connectivity index (χ0v) is 10.6. The predicted molar refractivity (Wildman–Crippen MR) is 65.7 cm³/mol. The lowest BCUT2D eigenvalue weighted by Crippen LogP contribution is -2.43. The van der Waals surface area contributed by atoms with Gasteiger partial charge in [0.1, 0.15) is 5.76 Å². The van der Waals surface area contributed by atoms with Gasteiger partial charge in [-0.3, -0.25) is 0 Å². The molecule has 4 nitrogen and oxygen atoms in total. The topological polar surface area (TPSA) is 36.7 Å². The summed E-state index contributed by atoms with van der Waals surface area (Å²) >= 11 is 0. The predicted octanol–water partition coefficient (Wildman–Crippen LogP) is 2.63. The third-order valence-electron chi connectivity index (χ3n) is 3.33. The van der Waals surface area contributed by atoms with Gasteiger partial charge in [-0.2, -0.15) is 0 Å². The molecule has 1 aromatic rings. The van der Waals surface area contributed by atoms with Gasteiger partial charge in [0.15, 0.2) is 0 Å². The van der Waals surface area contributed by atoms with E-state index in [4.69, 9.17) is 4.42 Å². The van der Waals surface area contributed by atoms with Crippen LogP contribution in [0.2, 0.25) is 0 Å². The Labute approximate surface area is 102 Å². The SMILES string of the molecule is Cc1occc1CN(C)C(=O)N1CCCCC1. The molecule has 4 heteroatoms. The molecule has 0 atom stereocenters. The fraction of sp³-hybridized carbons (Fsp3) is 0.615. The zero-order valence-electron chi connectivity index (χ0n) is 10.6. The number of hydrogen-bond donors (Lipinski definition) is 0. The van der Waals surface area contributed by atoms with Crippen LogP contribution in [0.5, 0.6) is 0 Å². The summed E-state index contributed by atoms with van der Waals surface area (Å²) in [6, 6.07) is 2.06. The highest BCUT2D eigenvalue weighted by Crippen LogP contribution is 2.14. The molecule has 2 heterocycles. The molecule has 0 aromatic carbocycles. The second kappa shape index (κ2) is 5.25. The van der Waals surface area contributed by atoms with Gasteiger partial charge >= 0.3 is 6.03 Å². The molecule has 1 saturated heterocycles. The average molecular weight is 236 g/mol. The standard InChI is InChI=1S/C13H20N2O2/c1-11-12(6-9-17-11)10-14(2)13(16)15-7-4-3-5-8-15/h6,9H,3-5,7-8,10H2,1-2H3. The van der Waals surface area contributed by atoms with E-state index in [1.54, 1.807) is 11.2 Å². The quantitative estimate of drug-likeness (QED) is 0.791. The number of carbonyl (C=O) groups is 1. The van der Waals surface area contributed by atoms with Crippen molar-refractivity contribution >= 4 is 6.03 Å². The van der Waals surface area contributed by atoms with Crippen molar-refractivity contribution in [3.8, 4) is 0 Å². The Morgan fingerprint density at radius 2 is 2.12 bits per heavy atom. The molecule has 0 spiro atoms. The van der Waals surface area contributed by atoms with E-state index in [1.165, 1.54) is 6.42 Å². The van der Waals surface area contributed by atoms with Crippen molar-refractivity contribution in [3.63, 3.8) is 0 Å². The number of aryl methyl sites for hydroxylation is 1. The van der Waals surface area contributed by atoms with Gasteiger partial charge in [0.05, 0.1) is 12.8 Å². The molecule has 1 aromatic heterocycles. The summed E-state index contributed by atoms with van der Waals surface area (Å²) in [6.45, 7) is 4.34. The highest BCUT2D eigenvalue weighted by molar-refractivity contribution is 5.74. The molecular formula is C13H20N2O2. The Kier molecular flexibility index (Phi) is 3.71. The molecule has 2 rings (SSSR count). The Hall–Kier alpha value is -1.45.